The van der Waals surface area contributed by atoms with E-state index in [2.05, 4.69) is 28.4 Å². The Morgan fingerprint density at radius 1 is 1.30 bits per heavy atom. The fourth-order valence-corrected chi connectivity index (χ4v) is 3.94. The molecule has 10 heteroatoms. The van der Waals surface area contributed by atoms with Crippen LogP contribution < -0.4 is 10.1 Å². The zero-order valence-corrected chi connectivity index (χ0v) is 16.9. The van der Waals surface area contributed by atoms with E-state index < -0.39 is 0 Å². The summed E-state index contributed by atoms with van der Waals surface area (Å²) < 4.78 is 20.3. The maximum atomic E-state index is 9.69. The second kappa shape index (κ2) is 7.59. The van der Waals surface area contributed by atoms with Crippen LogP contribution in [0.3, 0.4) is 0 Å². The molecule has 0 amide bonds. The number of nitrogens with one attached hydrogen (secondary N) is 1. The van der Waals surface area contributed by atoms with Crippen LogP contribution in [0.1, 0.15) is 25.1 Å². The maximum Gasteiger partial charge on any atom is 0.257 e. The van der Waals surface area contributed by atoms with Crippen LogP contribution in [0.15, 0.2) is 18.5 Å². The number of rotatable bonds is 5. The van der Waals surface area contributed by atoms with Gasteiger partial charge in [0, 0.05) is 37.2 Å². The zero-order valence-electron chi connectivity index (χ0n) is 16.9. The van der Waals surface area contributed by atoms with Gasteiger partial charge in [0.05, 0.1) is 26.0 Å². The van der Waals surface area contributed by atoms with Crippen molar-refractivity contribution in [1.82, 2.24) is 24.3 Å². The molecule has 0 aliphatic carbocycles. The van der Waals surface area contributed by atoms with Gasteiger partial charge in [0.25, 0.3) is 5.88 Å². The molecule has 0 radical (unpaired) electrons. The summed E-state index contributed by atoms with van der Waals surface area (Å²) in [6.45, 7) is 4.61. The van der Waals surface area contributed by atoms with E-state index in [1.807, 2.05) is 23.9 Å². The van der Waals surface area contributed by atoms with Crippen LogP contribution in [-0.2, 0) is 16.5 Å². The van der Waals surface area contributed by atoms with E-state index in [0.29, 0.717) is 49.6 Å². The van der Waals surface area contributed by atoms with E-state index in [-0.39, 0.29) is 18.1 Å². The highest BCUT2D eigenvalue weighted by Gasteiger charge is 2.28. The molecule has 0 aromatic carbocycles. The van der Waals surface area contributed by atoms with Crippen LogP contribution in [0.25, 0.3) is 11.0 Å². The fraction of sp³-hybridized carbons (Fsp3) is 0.500. The fourth-order valence-electron chi connectivity index (χ4n) is 3.94. The van der Waals surface area contributed by atoms with E-state index >= 15 is 0 Å². The number of nitrogens with zero attached hydrogens (tertiary/aromatic N) is 6. The molecular weight excluding hydrogens is 386 g/mol. The molecule has 0 bridgehead atoms. The normalized spacial score (nSPS) is 21.9. The molecule has 156 valence electrons. The number of hydrogen-bond donors (Lipinski definition) is 1. The number of aromatic nitrogens is 5. The molecule has 3 aromatic heterocycles. The number of aryl methyl sites for hydroxylation is 1. The molecule has 2 saturated heterocycles. The molecule has 2 atom stereocenters. The van der Waals surface area contributed by atoms with Crippen LogP contribution in [0.4, 0.5) is 11.6 Å². The molecule has 2 aliphatic rings. The Kier molecular flexibility index (Phi) is 4.77. The summed E-state index contributed by atoms with van der Waals surface area (Å²) in [4.78, 5) is 9.18. The topological polar surface area (TPSA) is 112 Å². The average molecular weight is 409 g/mol. The van der Waals surface area contributed by atoms with Crippen LogP contribution in [0.5, 0.6) is 5.88 Å². The number of fused-ring (bicyclic) bond motifs is 1. The Labute approximate surface area is 173 Å². The Balaban J connectivity index is 1.49. The van der Waals surface area contributed by atoms with Gasteiger partial charge in [-0.3, -0.25) is 4.68 Å². The molecule has 0 saturated carbocycles. The van der Waals surface area contributed by atoms with E-state index in [1.54, 1.807) is 10.9 Å². The van der Waals surface area contributed by atoms with Gasteiger partial charge in [-0.1, -0.05) is 6.92 Å². The van der Waals surface area contributed by atoms with E-state index in [4.69, 9.17) is 19.2 Å². The molecule has 1 unspecified atom stereocenters. The lowest BCUT2D eigenvalue weighted by molar-refractivity contribution is -0.0812. The number of ether oxygens (including phenoxy) is 3. The quantitative estimate of drug-likeness (QED) is 0.682. The summed E-state index contributed by atoms with van der Waals surface area (Å²) in [5.41, 5.74) is 2.01. The monoisotopic (exact) mass is 409 g/mol. The highest BCUT2D eigenvalue weighted by Crippen LogP contribution is 2.33. The van der Waals surface area contributed by atoms with Crippen molar-refractivity contribution in [3.05, 3.63) is 24.2 Å². The van der Waals surface area contributed by atoms with Crippen molar-refractivity contribution >= 4 is 22.7 Å². The van der Waals surface area contributed by atoms with Gasteiger partial charge in [-0.05, 0) is 12.5 Å². The Bertz CT molecular complexity index is 1110. The molecule has 2 aliphatic heterocycles. The van der Waals surface area contributed by atoms with E-state index in [9.17, 15) is 5.26 Å². The minimum Gasteiger partial charge on any atom is -0.467 e. The predicted octanol–water partition coefficient (Wildman–Crippen LogP) is 2.16. The molecule has 3 aromatic rings. The lowest BCUT2D eigenvalue weighted by Gasteiger charge is -2.31. The first kappa shape index (κ1) is 18.8. The second-order valence-electron chi connectivity index (χ2n) is 7.82. The zero-order chi connectivity index (χ0) is 20.7. The highest BCUT2D eigenvalue weighted by molar-refractivity contribution is 5.79. The maximum absolute atomic E-state index is 9.69. The van der Waals surface area contributed by atoms with E-state index in [1.165, 1.54) is 0 Å². The summed E-state index contributed by atoms with van der Waals surface area (Å²) in [5.74, 6) is 1.20. The van der Waals surface area contributed by atoms with E-state index in [0.717, 1.165) is 17.5 Å². The smallest absolute Gasteiger partial charge is 0.257 e. The minimum atomic E-state index is 0.00859. The Hall–Kier alpha value is -3.16. The predicted molar refractivity (Wildman–Crippen MR) is 108 cm³/mol. The molecule has 5 rings (SSSR count). The third-order valence-electron chi connectivity index (χ3n) is 5.54. The molecular formula is C20H23N7O3. The van der Waals surface area contributed by atoms with Crippen LogP contribution in [0, 0.1) is 17.2 Å². The summed E-state index contributed by atoms with van der Waals surface area (Å²) in [6, 6.07) is 4.31. The van der Waals surface area contributed by atoms with Gasteiger partial charge in [-0.2, -0.15) is 10.2 Å². The standard InChI is InChI=1S/C20H23N7O3/c1-12-9-28-4-3-17(12)27-14(6-21)5-13-7-22-20(24-18(13)27)23-16-8-26(2)25-19(16)30-15-10-29-11-15/h5,7-8,12,15,17H,3-4,9-11H2,1-2H3,(H,22,23,24)/t12?,17-/m1/s1. The first-order valence-corrected chi connectivity index (χ1v) is 10.0. The van der Waals surface area contributed by atoms with Crippen LogP contribution >= 0.6 is 0 Å². The SMILES string of the molecule is CC1COCC[C@H]1n1c(C#N)cc2cnc(Nc3cn(C)nc3OC3COC3)nc21. The molecule has 10 nitrogen and oxygen atoms in total. The van der Waals surface area contributed by atoms with Gasteiger partial charge in [-0.15, -0.1) is 5.10 Å². The van der Waals surface area contributed by atoms with Crippen LogP contribution in [-0.4, -0.2) is 56.8 Å². The third-order valence-corrected chi connectivity index (χ3v) is 5.54. The molecule has 2 fully saturated rings. The molecule has 0 spiro atoms. The first-order chi connectivity index (χ1) is 14.6. The Morgan fingerprint density at radius 3 is 2.90 bits per heavy atom. The number of hydrogen-bond acceptors (Lipinski definition) is 8. The molecule has 1 N–H and O–H groups in total. The van der Waals surface area contributed by atoms with Crippen molar-refractivity contribution in [3.63, 3.8) is 0 Å². The van der Waals surface area contributed by atoms with Gasteiger partial charge in [0.1, 0.15) is 29.2 Å². The van der Waals surface area contributed by atoms with Crippen molar-refractivity contribution in [2.75, 3.05) is 31.7 Å². The lowest BCUT2D eigenvalue weighted by atomic mass is 9.97. The van der Waals surface area contributed by atoms with Crippen molar-refractivity contribution in [2.45, 2.75) is 25.5 Å². The van der Waals surface area contributed by atoms with Gasteiger partial charge >= 0.3 is 0 Å². The summed E-state index contributed by atoms with van der Waals surface area (Å²) in [6.07, 6.45) is 4.41. The van der Waals surface area contributed by atoms with Crippen molar-refractivity contribution < 1.29 is 14.2 Å². The Morgan fingerprint density at radius 2 is 2.17 bits per heavy atom. The average Bonchev–Trinajstić information content (AvgIpc) is 3.24. The summed E-state index contributed by atoms with van der Waals surface area (Å²) >= 11 is 0. The number of anilines is 2. The van der Waals surface area contributed by atoms with Gasteiger partial charge in [0.2, 0.25) is 5.95 Å². The van der Waals surface area contributed by atoms with Gasteiger partial charge < -0.3 is 24.1 Å². The first-order valence-electron chi connectivity index (χ1n) is 10.0. The van der Waals surface area contributed by atoms with Crippen molar-refractivity contribution in [3.8, 4) is 11.9 Å². The molecule has 30 heavy (non-hydrogen) atoms. The molecule has 5 heterocycles. The van der Waals surface area contributed by atoms with Gasteiger partial charge in [-0.25, -0.2) is 4.98 Å². The van der Waals surface area contributed by atoms with Crippen molar-refractivity contribution in [2.24, 2.45) is 13.0 Å². The lowest BCUT2D eigenvalue weighted by Crippen LogP contribution is -2.38. The highest BCUT2D eigenvalue weighted by atomic mass is 16.6. The number of nitriles is 1. The third kappa shape index (κ3) is 3.36. The summed E-state index contributed by atoms with van der Waals surface area (Å²) in [5, 5.41) is 18.1. The van der Waals surface area contributed by atoms with Crippen molar-refractivity contribution in [1.29, 1.82) is 5.26 Å². The van der Waals surface area contributed by atoms with Crippen LogP contribution in [0.2, 0.25) is 0 Å². The van der Waals surface area contributed by atoms with Gasteiger partial charge in [0.15, 0.2) is 0 Å². The minimum absolute atomic E-state index is 0.00859. The largest absolute Gasteiger partial charge is 0.467 e. The second-order valence-corrected chi connectivity index (χ2v) is 7.82. The summed E-state index contributed by atoms with van der Waals surface area (Å²) in [7, 11) is 1.83.